The SMILES string of the molecule is CC(F)(F)C(F)(F)C(F)(OC(F)(F)C(F)(OC(F)(F)C(F)(F)S(=O)(=O)O)C(F)(F)F)C(C)(F)F. The van der Waals surface area contributed by atoms with Crippen LogP contribution in [-0.4, -0.2) is 66.1 Å². The lowest BCUT2D eigenvalue weighted by Gasteiger charge is -2.44. The standard InChI is InChI=1S/C11H7F17O5S/c1-3(12,13)5(16,17)6(18,4(2,14)15)32-9(23,24)7(19,8(20,21)22)33-10(25,26)11(27,28)34(29,30)31/h1-2H3,(H,29,30,31). The number of halogens is 17. The number of hydrogen-bond donors (Lipinski definition) is 1. The van der Waals surface area contributed by atoms with Crippen molar-refractivity contribution in [3.8, 4) is 0 Å². The zero-order chi connectivity index (χ0) is 28.4. The minimum absolute atomic E-state index is 1.20. The van der Waals surface area contributed by atoms with Gasteiger partial charge in [-0.3, -0.25) is 14.0 Å². The summed E-state index contributed by atoms with van der Waals surface area (Å²) in [5.74, 6) is -35.6. The third-order valence-electron chi connectivity index (χ3n) is 3.46. The zero-order valence-corrected chi connectivity index (χ0v) is 16.2. The Morgan fingerprint density at radius 3 is 1.12 bits per heavy atom. The summed E-state index contributed by atoms with van der Waals surface area (Å²) in [5, 5.41) is -7.46. The van der Waals surface area contributed by atoms with Gasteiger partial charge < -0.3 is 0 Å². The van der Waals surface area contributed by atoms with Crippen molar-refractivity contribution in [2.24, 2.45) is 0 Å². The fraction of sp³-hybridized carbons (Fsp3) is 1.00. The van der Waals surface area contributed by atoms with Crippen molar-refractivity contribution >= 4 is 10.1 Å². The normalized spacial score (nSPS) is 19.5. The fourth-order valence-electron chi connectivity index (χ4n) is 1.62. The molecule has 0 heterocycles. The Balaban J connectivity index is 7.07. The number of rotatable bonds is 10. The quantitative estimate of drug-likeness (QED) is 0.275. The Bertz CT molecular complexity index is 857. The molecule has 0 aromatic heterocycles. The maximum atomic E-state index is 14.1. The molecule has 0 aromatic rings. The first-order chi connectivity index (χ1) is 14.2. The van der Waals surface area contributed by atoms with Gasteiger partial charge in [-0.15, -0.1) is 0 Å². The van der Waals surface area contributed by atoms with Crippen molar-refractivity contribution in [3.05, 3.63) is 0 Å². The maximum Gasteiger partial charge on any atom is 0.460 e. The van der Waals surface area contributed by atoms with Crippen LogP contribution in [0.3, 0.4) is 0 Å². The Morgan fingerprint density at radius 2 is 0.882 bits per heavy atom. The van der Waals surface area contributed by atoms with Gasteiger partial charge in [-0.1, -0.05) is 0 Å². The highest BCUT2D eigenvalue weighted by molar-refractivity contribution is 7.86. The van der Waals surface area contributed by atoms with Crippen molar-refractivity contribution in [2.75, 3.05) is 0 Å². The van der Waals surface area contributed by atoms with Crippen LogP contribution < -0.4 is 0 Å². The van der Waals surface area contributed by atoms with E-state index >= 15 is 0 Å². The molecule has 2 atom stereocenters. The molecule has 0 aliphatic carbocycles. The molecule has 34 heavy (non-hydrogen) atoms. The first-order valence-corrected chi connectivity index (χ1v) is 8.69. The van der Waals surface area contributed by atoms with E-state index in [9.17, 15) is 83.1 Å². The minimum atomic E-state index is -8.15. The van der Waals surface area contributed by atoms with Gasteiger partial charge in [0.1, 0.15) is 0 Å². The lowest BCUT2D eigenvalue weighted by molar-refractivity contribution is -0.548. The molecule has 0 rings (SSSR count). The van der Waals surface area contributed by atoms with E-state index in [2.05, 4.69) is 0 Å². The first kappa shape index (κ1) is 32.6. The van der Waals surface area contributed by atoms with Crippen LogP contribution in [-0.2, 0) is 19.6 Å². The van der Waals surface area contributed by atoms with Crippen molar-refractivity contribution in [1.29, 1.82) is 0 Å². The number of ether oxygens (including phenoxy) is 2. The molecule has 2 unspecified atom stereocenters. The summed E-state index contributed by atoms with van der Waals surface area (Å²) in [6.07, 6.45) is -23.9. The van der Waals surface area contributed by atoms with E-state index in [0.717, 1.165) is 0 Å². The fourth-order valence-corrected chi connectivity index (χ4v) is 1.96. The van der Waals surface area contributed by atoms with Gasteiger partial charge in [0, 0.05) is 13.8 Å². The van der Waals surface area contributed by atoms with Crippen molar-refractivity contribution in [3.63, 3.8) is 0 Å². The topological polar surface area (TPSA) is 72.8 Å². The Hall–Kier alpha value is -1.36. The van der Waals surface area contributed by atoms with Crippen LogP contribution in [0.25, 0.3) is 0 Å². The predicted molar refractivity (Wildman–Crippen MR) is 68.5 cm³/mol. The van der Waals surface area contributed by atoms with Crippen molar-refractivity contribution < 1.29 is 97.1 Å². The molecule has 0 fully saturated rings. The van der Waals surface area contributed by atoms with E-state index in [1.165, 1.54) is 4.74 Å². The van der Waals surface area contributed by atoms with E-state index < -0.39 is 77.1 Å². The molecule has 0 aliphatic rings. The summed E-state index contributed by atoms with van der Waals surface area (Å²) in [5.41, 5.74) is 0. The molecule has 0 aromatic carbocycles. The third kappa shape index (κ3) is 4.96. The van der Waals surface area contributed by atoms with Crippen LogP contribution in [0, 0.1) is 0 Å². The molecule has 0 bridgehead atoms. The summed E-state index contributed by atoms with van der Waals surface area (Å²) in [6.45, 7) is -2.52. The van der Waals surface area contributed by atoms with Gasteiger partial charge >= 0.3 is 63.2 Å². The van der Waals surface area contributed by atoms with Gasteiger partial charge in [-0.25, -0.2) is 8.78 Å². The van der Waals surface area contributed by atoms with Crippen LogP contribution in [0.5, 0.6) is 0 Å². The molecule has 0 saturated carbocycles. The van der Waals surface area contributed by atoms with Crippen LogP contribution in [0.2, 0.25) is 0 Å². The summed E-state index contributed by atoms with van der Waals surface area (Å²) >= 11 is 0. The lowest BCUT2D eigenvalue weighted by Crippen LogP contribution is -2.71. The first-order valence-electron chi connectivity index (χ1n) is 7.25. The molecular formula is C11H7F17O5S. The van der Waals surface area contributed by atoms with E-state index in [1.807, 2.05) is 0 Å². The smallest absolute Gasteiger partial charge is 0.281 e. The van der Waals surface area contributed by atoms with Gasteiger partial charge in [-0.05, 0) is 0 Å². The highest BCUT2D eigenvalue weighted by atomic mass is 32.2. The molecule has 5 nitrogen and oxygen atoms in total. The second-order valence-corrected chi connectivity index (χ2v) is 7.73. The summed E-state index contributed by atoms with van der Waals surface area (Å²) < 4.78 is 256. The minimum Gasteiger partial charge on any atom is -0.281 e. The van der Waals surface area contributed by atoms with E-state index in [1.54, 1.807) is 4.74 Å². The Morgan fingerprint density at radius 1 is 0.559 bits per heavy atom. The van der Waals surface area contributed by atoms with E-state index in [-0.39, 0.29) is 0 Å². The molecule has 206 valence electrons. The average Bonchev–Trinajstić information content (AvgIpc) is 2.48. The molecular weight excluding hydrogens is 567 g/mol. The molecule has 23 heteroatoms. The maximum absolute atomic E-state index is 14.1. The van der Waals surface area contributed by atoms with Crippen molar-refractivity contribution in [2.45, 2.75) is 67.0 Å². The molecule has 1 N–H and O–H groups in total. The average molecular weight is 574 g/mol. The van der Waals surface area contributed by atoms with E-state index in [0.29, 0.717) is 0 Å². The Labute approximate surface area is 175 Å². The summed E-state index contributed by atoms with van der Waals surface area (Å²) in [4.78, 5) is 0. The molecule has 0 amide bonds. The molecule has 0 radical (unpaired) electrons. The van der Waals surface area contributed by atoms with Gasteiger partial charge in [0.15, 0.2) is 0 Å². The molecule has 0 aliphatic heterocycles. The van der Waals surface area contributed by atoms with Crippen LogP contribution in [0.1, 0.15) is 13.8 Å². The largest absolute Gasteiger partial charge is 0.460 e. The van der Waals surface area contributed by atoms with Crippen LogP contribution in [0.15, 0.2) is 0 Å². The molecule has 0 spiro atoms. The lowest BCUT2D eigenvalue weighted by atomic mass is 9.98. The predicted octanol–water partition coefficient (Wildman–Crippen LogP) is 5.53. The second-order valence-electron chi connectivity index (χ2n) is 6.27. The summed E-state index contributed by atoms with van der Waals surface area (Å²) in [7, 11) is -7.67. The highest BCUT2D eigenvalue weighted by Crippen LogP contribution is 2.58. The van der Waals surface area contributed by atoms with Gasteiger partial charge in [0.25, 0.3) is 0 Å². The number of hydrogen-bond acceptors (Lipinski definition) is 4. The highest BCUT2D eigenvalue weighted by Gasteiger charge is 2.86. The Kier molecular flexibility index (Phi) is 7.75. The van der Waals surface area contributed by atoms with Crippen molar-refractivity contribution in [1.82, 2.24) is 0 Å². The molecule has 0 saturated heterocycles. The number of alkyl halides is 17. The third-order valence-corrected chi connectivity index (χ3v) is 4.34. The van der Waals surface area contributed by atoms with Crippen LogP contribution in [0.4, 0.5) is 74.6 Å². The zero-order valence-electron chi connectivity index (χ0n) is 15.4. The van der Waals surface area contributed by atoms with Gasteiger partial charge in [0.2, 0.25) is 0 Å². The van der Waals surface area contributed by atoms with E-state index in [4.69, 9.17) is 4.55 Å². The monoisotopic (exact) mass is 574 g/mol. The van der Waals surface area contributed by atoms with Crippen LogP contribution >= 0.6 is 0 Å². The summed E-state index contributed by atoms with van der Waals surface area (Å²) in [6, 6.07) is 0. The second kappa shape index (κ2) is 8.08. The van der Waals surface area contributed by atoms with Gasteiger partial charge in [-0.2, -0.15) is 74.3 Å². The van der Waals surface area contributed by atoms with Gasteiger partial charge in [0.05, 0.1) is 0 Å².